The average molecular weight is 448 g/mol. The molecule has 172 valence electrons. The molecular formula is C27H30FN3O2. The normalized spacial score (nSPS) is 15.7. The van der Waals surface area contributed by atoms with Crippen LogP contribution in [0, 0.1) is 11.7 Å². The number of nitrogens with zero attached hydrogens (tertiary/aromatic N) is 2. The summed E-state index contributed by atoms with van der Waals surface area (Å²) in [5, 5.41) is 3.11. The third kappa shape index (κ3) is 6.62. The van der Waals surface area contributed by atoms with Gasteiger partial charge in [0.05, 0.1) is 11.7 Å². The molecule has 33 heavy (non-hydrogen) atoms. The van der Waals surface area contributed by atoms with Gasteiger partial charge in [-0.25, -0.2) is 4.39 Å². The number of likely N-dealkylation sites (tertiary alicyclic amines) is 1. The van der Waals surface area contributed by atoms with Crippen LogP contribution in [0.5, 0.6) is 5.75 Å². The highest BCUT2D eigenvalue weighted by Crippen LogP contribution is 2.30. The van der Waals surface area contributed by atoms with Gasteiger partial charge in [0.2, 0.25) is 5.91 Å². The van der Waals surface area contributed by atoms with E-state index in [1.807, 2.05) is 36.4 Å². The van der Waals surface area contributed by atoms with Gasteiger partial charge >= 0.3 is 0 Å². The topological polar surface area (TPSA) is 54.5 Å². The number of aromatic nitrogens is 1. The van der Waals surface area contributed by atoms with Crippen LogP contribution in [0.25, 0.3) is 0 Å². The molecule has 0 spiro atoms. The lowest BCUT2D eigenvalue weighted by Crippen LogP contribution is -2.40. The molecule has 2 heterocycles. The maximum Gasteiger partial charge on any atom is 0.217 e. The molecule has 0 saturated carbocycles. The van der Waals surface area contributed by atoms with Crippen molar-refractivity contribution in [2.75, 3.05) is 13.1 Å². The van der Waals surface area contributed by atoms with Crippen molar-refractivity contribution in [2.24, 2.45) is 5.92 Å². The third-order valence-electron chi connectivity index (χ3n) is 6.09. The van der Waals surface area contributed by atoms with Crippen LogP contribution >= 0.6 is 0 Å². The number of piperidine rings is 1. The van der Waals surface area contributed by atoms with E-state index in [0.29, 0.717) is 12.5 Å². The first kappa shape index (κ1) is 22.9. The number of ether oxygens (including phenoxy) is 1. The van der Waals surface area contributed by atoms with Gasteiger partial charge in [-0.2, -0.15) is 0 Å². The lowest BCUT2D eigenvalue weighted by atomic mass is 9.87. The summed E-state index contributed by atoms with van der Waals surface area (Å²) in [5.74, 6) is 0.875. The molecule has 3 aromatic rings. The number of benzene rings is 2. The van der Waals surface area contributed by atoms with E-state index < -0.39 is 0 Å². The van der Waals surface area contributed by atoms with Gasteiger partial charge in [0.25, 0.3) is 0 Å². The maximum absolute atomic E-state index is 13.3. The van der Waals surface area contributed by atoms with Crippen molar-refractivity contribution < 1.29 is 13.9 Å². The van der Waals surface area contributed by atoms with E-state index in [9.17, 15) is 9.18 Å². The largest absolute Gasteiger partial charge is 0.489 e. The predicted molar refractivity (Wildman–Crippen MR) is 126 cm³/mol. The summed E-state index contributed by atoms with van der Waals surface area (Å²) in [7, 11) is 0. The Bertz CT molecular complexity index is 1030. The molecule has 0 aliphatic carbocycles. The van der Waals surface area contributed by atoms with Gasteiger partial charge in [0.15, 0.2) is 0 Å². The minimum Gasteiger partial charge on any atom is -0.489 e. The van der Waals surface area contributed by atoms with Crippen LogP contribution in [-0.2, 0) is 17.9 Å². The van der Waals surface area contributed by atoms with Crippen molar-refractivity contribution in [2.45, 2.75) is 39.0 Å². The van der Waals surface area contributed by atoms with Crippen LogP contribution < -0.4 is 10.1 Å². The zero-order valence-electron chi connectivity index (χ0n) is 18.9. The SMILES string of the molecule is CC(=O)NC(c1ccccn1)C1CCN(Cc2ccc(OCc3cccc(F)c3)cc2)CC1. The number of nitrogens with one attached hydrogen (secondary N) is 1. The summed E-state index contributed by atoms with van der Waals surface area (Å²) in [5.41, 5.74) is 2.97. The highest BCUT2D eigenvalue weighted by atomic mass is 19.1. The zero-order chi connectivity index (χ0) is 23.0. The number of hydrogen-bond donors (Lipinski definition) is 1. The van der Waals surface area contributed by atoms with Crippen LogP contribution in [0.1, 0.15) is 42.6 Å². The molecule has 5 nitrogen and oxygen atoms in total. The summed E-state index contributed by atoms with van der Waals surface area (Å²) in [6.07, 6.45) is 3.80. The van der Waals surface area contributed by atoms with E-state index in [2.05, 4.69) is 27.3 Å². The minimum absolute atomic E-state index is 0.0206. The monoisotopic (exact) mass is 447 g/mol. The second-order valence-electron chi connectivity index (χ2n) is 8.61. The fourth-order valence-electron chi connectivity index (χ4n) is 4.40. The van der Waals surface area contributed by atoms with Crippen LogP contribution in [0.15, 0.2) is 72.9 Å². The molecule has 1 fully saturated rings. The molecule has 1 aliphatic heterocycles. The van der Waals surface area contributed by atoms with Gasteiger partial charge in [0.1, 0.15) is 18.2 Å². The number of hydrogen-bond acceptors (Lipinski definition) is 4. The summed E-state index contributed by atoms with van der Waals surface area (Å²) in [6, 6.07) is 20.4. The highest BCUT2D eigenvalue weighted by Gasteiger charge is 2.29. The van der Waals surface area contributed by atoms with E-state index in [1.54, 1.807) is 19.2 Å². The van der Waals surface area contributed by atoms with Gasteiger partial charge in [-0.05, 0) is 79.4 Å². The van der Waals surface area contributed by atoms with E-state index in [-0.39, 0.29) is 17.8 Å². The average Bonchev–Trinajstić information content (AvgIpc) is 2.83. The first-order chi connectivity index (χ1) is 16.1. The van der Waals surface area contributed by atoms with Crippen molar-refractivity contribution in [1.82, 2.24) is 15.2 Å². The quantitative estimate of drug-likeness (QED) is 0.534. The van der Waals surface area contributed by atoms with E-state index in [0.717, 1.165) is 49.5 Å². The zero-order valence-corrected chi connectivity index (χ0v) is 18.9. The molecule has 2 aromatic carbocycles. The Kier molecular flexibility index (Phi) is 7.68. The van der Waals surface area contributed by atoms with Gasteiger partial charge in [0, 0.05) is 19.7 Å². The molecule has 1 saturated heterocycles. The fraction of sp³-hybridized carbons (Fsp3) is 0.333. The summed E-state index contributed by atoms with van der Waals surface area (Å²) < 4.78 is 19.1. The molecular weight excluding hydrogens is 417 g/mol. The standard InChI is InChI=1S/C27H30FN3O2/c1-20(32)30-27(26-7-2-3-14-29-26)23-12-15-31(16-13-23)18-21-8-10-25(11-9-21)33-19-22-5-4-6-24(28)17-22/h2-11,14,17,23,27H,12-13,15-16,18-19H2,1H3,(H,30,32). The van der Waals surface area contributed by atoms with Crippen LogP contribution in [0.2, 0.25) is 0 Å². The first-order valence-corrected chi connectivity index (χ1v) is 11.4. The Labute approximate surface area is 194 Å². The molecule has 0 radical (unpaired) electrons. The molecule has 4 rings (SSSR count). The molecule has 1 N–H and O–H groups in total. The maximum atomic E-state index is 13.3. The van der Waals surface area contributed by atoms with Crippen molar-refractivity contribution in [3.63, 3.8) is 0 Å². The Morgan fingerprint density at radius 2 is 1.88 bits per heavy atom. The second-order valence-corrected chi connectivity index (χ2v) is 8.61. The van der Waals surface area contributed by atoms with E-state index in [4.69, 9.17) is 4.74 Å². The summed E-state index contributed by atoms with van der Waals surface area (Å²) in [6.45, 7) is 4.75. The Morgan fingerprint density at radius 1 is 1.09 bits per heavy atom. The Morgan fingerprint density at radius 3 is 2.55 bits per heavy atom. The number of halogens is 1. The van der Waals surface area contributed by atoms with Crippen molar-refractivity contribution >= 4 is 5.91 Å². The number of carbonyl (C=O) groups excluding carboxylic acids is 1. The molecule has 6 heteroatoms. The van der Waals surface area contributed by atoms with Crippen LogP contribution in [0.3, 0.4) is 0 Å². The van der Waals surface area contributed by atoms with Crippen LogP contribution in [-0.4, -0.2) is 28.9 Å². The second kappa shape index (κ2) is 11.1. The number of pyridine rings is 1. The molecule has 1 amide bonds. The first-order valence-electron chi connectivity index (χ1n) is 11.4. The third-order valence-corrected chi connectivity index (χ3v) is 6.09. The van der Waals surface area contributed by atoms with Gasteiger partial charge in [-0.15, -0.1) is 0 Å². The lowest BCUT2D eigenvalue weighted by molar-refractivity contribution is -0.120. The Balaban J connectivity index is 1.28. The summed E-state index contributed by atoms with van der Waals surface area (Å²) in [4.78, 5) is 18.7. The molecule has 0 bridgehead atoms. The number of carbonyl (C=O) groups is 1. The molecule has 1 aliphatic rings. The smallest absolute Gasteiger partial charge is 0.217 e. The van der Waals surface area contributed by atoms with Crippen molar-refractivity contribution in [3.8, 4) is 5.75 Å². The summed E-state index contributed by atoms with van der Waals surface area (Å²) >= 11 is 0. The number of rotatable bonds is 8. The molecule has 1 aromatic heterocycles. The fourth-order valence-corrected chi connectivity index (χ4v) is 4.40. The van der Waals surface area contributed by atoms with Gasteiger partial charge in [-0.3, -0.25) is 14.7 Å². The Hall–Kier alpha value is -3.25. The molecule has 1 atom stereocenters. The van der Waals surface area contributed by atoms with Crippen LogP contribution in [0.4, 0.5) is 4.39 Å². The lowest BCUT2D eigenvalue weighted by Gasteiger charge is -2.36. The minimum atomic E-state index is -0.251. The van der Waals surface area contributed by atoms with Gasteiger partial charge in [-0.1, -0.05) is 30.3 Å². The highest BCUT2D eigenvalue weighted by molar-refractivity contribution is 5.73. The van der Waals surface area contributed by atoms with E-state index in [1.165, 1.54) is 17.7 Å². The van der Waals surface area contributed by atoms with E-state index >= 15 is 0 Å². The van der Waals surface area contributed by atoms with Crippen molar-refractivity contribution in [3.05, 3.63) is 95.6 Å². The number of amides is 1. The molecule has 1 unspecified atom stereocenters. The van der Waals surface area contributed by atoms with Crippen molar-refractivity contribution in [1.29, 1.82) is 0 Å². The van der Waals surface area contributed by atoms with Gasteiger partial charge < -0.3 is 10.1 Å². The predicted octanol–water partition coefficient (Wildman–Crippen LogP) is 4.89.